The number of nitrogens with one attached hydrogen (secondary N) is 2. The van der Waals surface area contributed by atoms with E-state index in [4.69, 9.17) is 27.2 Å². The van der Waals surface area contributed by atoms with Crippen LogP contribution in [-0.2, 0) is 4.79 Å². The minimum absolute atomic E-state index is 0.201. The summed E-state index contributed by atoms with van der Waals surface area (Å²) in [5.74, 6) is 0.430. The Bertz CT molecular complexity index is 1490. The van der Waals surface area contributed by atoms with E-state index >= 15 is 0 Å². The molecule has 0 aliphatic carbocycles. The molecule has 0 aliphatic heterocycles. The van der Waals surface area contributed by atoms with Crippen LogP contribution in [0, 0.1) is 13.8 Å². The number of fused-ring (bicyclic) bond motifs is 1. The molecule has 9 heteroatoms. The van der Waals surface area contributed by atoms with Crippen molar-refractivity contribution in [2.45, 2.75) is 27.7 Å². The number of benzene rings is 3. The third-order valence-electron chi connectivity index (χ3n) is 6.28. The number of thiocarbonyl (C=S) groups is 1. The molecule has 0 atom stereocenters. The Morgan fingerprint density at radius 3 is 2.32 bits per heavy atom. The standard InChI is InChI=1S/C29H32N6O2S/c1-6-34(7-2)22-11-14-27(20(4)16-22)35-32-25-17-19(3)24(18-26(25)33-35)30-29(38)31-28(36)15-10-21-8-12-23(37-5)13-9-21/h8-18H,6-7H2,1-5H3,(H2,30,31,36,38)/b15-10+. The number of amides is 1. The lowest BCUT2D eigenvalue weighted by Crippen LogP contribution is -2.33. The summed E-state index contributed by atoms with van der Waals surface area (Å²) < 4.78 is 5.15. The second kappa shape index (κ2) is 11.9. The molecule has 0 saturated carbocycles. The molecule has 0 radical (unpaired) electrons. The van der Waals surface area contributed by atoms with Crippen molar-refractivity contribution in [3.05, 3.63) is 77.4 Å². The highest BCUT2D eigenvalue weighted by Gasteiger charge is 2.13. The van der Waals surface area contributed by atoms with Gasteiger partial charge in [0.25, 0.3) is 0 Å². The maximum absolute atomic E-state index is 12.4. The van der Waals surface area contributed by atoms with E-state index in [1.54, 1.807) is 18.0 Å². The lowest BCUT2D eigenvalue weighted by molar-refractivity contribution is -0.115. The second-order valence-corrected chi connectivity index (χ2v) is 9.25. The number of carbonyl (C=O) groups excluding carboxylic acids is 1. The zero-order chi connectivity index (χ0) is 27.2. The van der Waals surface area contributed by atoms with E-state index < -0.39 is 0 Å². The van der Waals surface area contributed by atoms with E-state index in [1.807, 2.05) is 43.3 Å². The normalized spacial score (nSPS) is 11.1. The Kier molecular flexibility index (Phi) is 8.38. The molecule has 0 bridgehead atoms. The summed E-state index contributed by atoms with van der Waals surface area (Å²) in [6, 6.07) is 17.6. The van der Waals surface area contributed by atoms with Crippen molar-refractivity contribution in [2.24, 2.45) is 0 Å². The van der Waals surface area contributed by atoms with E-state index in [0.29, 0.717) is 0 Å². The fourth-order valence-corrected chi connectivity index (χ4v) is 4.36. The number of aryl methyl sites for hydroxylation is 2. The number of hydrogen-bond acceptors (Lipinski definition) is 6. The first-order valence-corrected chi connectivity index (χ1v) is 12.9. The molecule has 4 rings (SSSR count). The minimum atomic E-state index is -0.327. The predicted octanol–water partition coefficient (Wildman–Crippen LogP) is 5.42. The van der Waals surface area contributed by atoms with E-state index in [-0.39, 0.29) is 11.0 Å². The third-order valence-corrected chi connectivity index (χ3v) is 6.48. The molecule has 0 spiro atoms. The van der Waals surface area contributed by atoms with Crippen molar-refractivity contribution in [1.82, 2.24) is 20.3 Å². The van der Waals surface area contributed by atoms with Crippen molar-refractivity contribution in [3.8, 4) is 11.4 Å². The number of methoxy groups -OCH3 is 1. The summed E-state index contributed by atoms with van der Waals surface area (Å²) in [5, 5.41) is 15.4. The molecule has 1 amide bonds. The molecule has 0 unspecified atom stereocenters. The van der Waals surface area contributed by atoms with Crippen molar-refractivity contribution in [1.29, 1.82) is 0 Å². The molecular formula is C29H32N6O2S. The van der Waals surface area contributed by atoms with Gasteiger partial charge in [-0.25, -0.2) is 0 Å². The van der Waals surface area contributed by atoms with Gasteiger partial charge in [-0.05, 0) is 105 Å². The van der Waals surface area contributed by atoms with Gasteiger partial charge >= 0.3 is 0 Å². The number of ether oxygens (including phenoxy) is 1. The van der Waals surface area contributed by atoms with Gasteiger partial charge < -0.3 is 15.0 Å². The number of anilines is 2. The van der Waals surface area contributed by atoms with Crippen molar-refractivity contribution >= 4 is 51.7 Å². The Balaban J connectivity index is 1.46. The number of rotatable bonds is 8. The van der Waals surface area contributed by atoms with Crippen LogP contribution < -0.4 is 20.3 Å². The SMILES string of the molecule is CCN(CC)c1ccc(-n2nc3cc(C)c(NC(=S)NC(=O)/C=C/c4ccc(OC)cc4)cc3n2)c(C)c1. The van der Waals surface area contributed by atoms with Gasteiger partial charge in [-0.2, -0.15) is 4.80 Å². The molecule has 2 N–H and O–H groups in total. The quantitative estimate of drug-likeness (QED) is 0.233. The molecule has 1 aromatic heterocycles. The zero-order valence-electron chi connectivity index (χ0n) is 22.3. The van der Waals surface area contributed by atoms with Gasteiger partial charge in [-0.15, -0.1) is 10.2 Å². The lowest BCUT2D eigenvalue weighted by Gasteiger charge is -2.22. The number of hydrogen-bond donors (Lipinski definition) is 2. The van der Waals surface area contributed by atoms with Gasteiger partial charge in [0.2, 0.25) is 5.91 Å². The molecule has 1 heterocycles. The molecular weight excluding hydrogens is 496 g/mol. The molecule has 8 nitrogen and oxygen atoms in total. The van der Waals surface area contributed by atoms with E-state index in [9.17, 15) is 4.79 Å². The summed E-state index contributed by atoms with van der Waals surface area (Å²) in [4.78, 5) is 16.3. The first-order chi connectivity index (χ1) is 18.3. The summed E-state index contributed by atoms with van der Waals surface area (Å²) >= 11 is 5.37. The van der Waals surface area contributed by atoms with Crippen molar-refractivity contribution < 1.29 is 9.53 Å². The lowest BCUT2D eigenvalue weighted by atomic mass is 10.1. The summed E-state index contributed by atoms with van der Waals surface area (Å²) in [6.45, 7) is 10.2. The molecule has 0 saturated heterocycles. The first kappa shape index (κ1) is 26.8. The smallest absolute Gasteiger partial charge is 0.250 e. The van der Waals surface area contributed by atoms with E-state index in [2.05, 4.69) is 54.5 Å². The van der Waals surface area contributed by atoms with Crippen molar-refractivity contribution in [3.63, 3.8) is 0 Å². The average Bonchev–Trinajstić information content (AvgIpc) is 3.31. The minimum Gasteiger partial charge on any atom is -0.497 e. The number of aromatic nitrogens is 3. The third kappa shape index (κ3) is 6.18. The fourth-order valence-electron chi connectivity index (χ4n) is 4.15. The molecule has 4 aromatic rings. The Hall–Kier alpha value is -4.24. The summed E-state index contributed by atoms with van der Waals surface area (Å²) in [7, 11) is 1.61. The van der Waals surface area contributed by atoms with E-state index in [1.165, 1.54) is 11.8 Å². The van der Waals surface area contributed by atoms with Crippen LogP contribution in [0.25, 0.3) is 22.8 Å². The molecule has 3 aromatic carbocycles. The summed E-state index contributed by atoms with van der Waals surface area (Å²) in [5.41, 5.74) is 7.27. The zero-order valence-corrected chi connectivity index (χ0v) is 23.1. The van der Waals surface area contributed by atoms with Crippen LogP contribution in [-0.4, -0.2) is 46.2 Å². The van der Waals surface area contributed by atoms with Crippen molar-refractivity contribution in [2.75, 3.05) is 30.4 Å². The van der Waals surface area contributed by atoms with Gasteiger partial charge in [-0.3, -0.25) is 10.1 Å². The van der Waals surface area contributed by atoms with Crippen LogP contribution in [0.15, 0.2) is 60.7 Å². The largest absolute Gasteiger partial charge is 0.497 e. The van der Waals surface area contributed by atoms with Gasteiger partial charge in [0.05, 0.1) is 12.8 Å². The molecule has 0 aliphatic rings. The highest BCUT2D eigenvalue weighted by molar-refractivity contribution is 7.80. The molecule has 196 valence electrons. The Labute approximate surface area is 228 Å². The summed E-state index contributed by atoms with van der Waals surface area (Å²) in [6.07, 6.45) is 3.15. The Morgan fingerprint density at radius 2 is 1.68 bits per heavy atom. The highest BCUT2D eigenvalue weighted by atomic mass is 32.1. The maximum atomic E-state index is 12.4. The van der Waals surface area contributed by atoms with Crippen LogP contribution in [0.4, 0.5) is 11.4 Å². The van der Waals surface area contributed by atoms with Crippen LogP contribution >= 0.6 is 12.2 Å². The number of carbonyl (C=O) groups is 1. The van der Waals surface area contributed by atoms with Gasteiger partial charge in [0.15, 0.2) is 5.11 Å². The predicted molar refractivity (Wildman–Crippen MR) is 158 cm³/mol. The number of nitrogens with zero attached hydrogens (tertiary/aromatic N) is 4. The molecule has 38 heavy (non-hydrogen) atoms. The van der Waals surface area contributed by atoms with Gasteiger partial charge in [0, 0.05) is 30.5 Å². The Morgan fingerprint density at radius 1 is 1.00 bits per heavy atom. The maximum Gasteiger partial charge on any atom is 0.250 e. The first-order valence-electron chi connectivity index (χ1n) is 12.5. The monoisotopic (exact) mass is 528 g/mol. The van der Waals surface area contributed by atoms with Crippen LogP contribution in [0.3, 0.4) is 0 Å². The topological polar surface area (TPSA) is 84.3 Å². The second-order valence-electron chi connectivity index (χ2n) is 8.84. The average molecular weight is 529 g/mol. The van der Waals surface area contributed by atoms with Gasteiger partial charge in [-0.1, -0.05) is 12.1 Å². The van der Waals surface area contributed by atoms with E-state index in [0.717, 1.165) is 57.9 Å². The van der Waals surface area contributed by atoms with Crippen LogP contribution in [0.5, 0.6) is 5.75 Å². The molecule has 0 fully saturated rings. The van der Waals surface area contributed by atoms with Gasteiger partial charge in [0.1, 0.15) is 16.8 Å². The van der Waals surface area contributed by atoms with Crippen LogP contribution in [0.2, 0.25) is 0 Å². The fraction of sp³-hybridized carbons (Fsp3) is 0.241. The van der Waals surface area contributed by atoms with Crippen LogP contribution in [0.1, 0.15) is 30.5 Å². The highest BCUT2D eigenvalue weighted by Crippen LogP contribution is 2.25.